The molecule has 3 amide bonds. The predicted molar refractivity (Wildman–Crippen MR) is 107 cm³/mol. The van der Waals surface area contributed by atoms with Crippen molar-refractivity contribution in [2.75, 3.05) is 32.7 Å². The van der Waals surface area contributed by atoms with Crippen molar-refractivity contribution in [3.05, 3.63) is 0 Å². The second-order valence-electron chi connectivity index (χ2n) is 8.69. The fraction of sp³-hybridized carbons (Fsp3) is 0.842. The lowest BCUT2D eigenvalue weighted by Crippen LogP contribution is -2.52. The van der Waals surface area contributed by atoms with Crippen LogP contribution in [0.3, 0.4) is 0 Å². The molecule has 0 aromatic rings. The molecular weight excluding hydrogens is 368 g/mol. The average Bonchev–Trinajstić information content (AvgIpc) is 3.07. The molecule has 2 fully saturated rings. The highest BCUT2D eigenvalue weighted by Gasteiger charge is 2.39. The van der Waals surface area contributed by atoms with E-state index in [2.05, 4.69) is 5.32 Å². The lowest BCUT2D eigenvalue weighted by atomic mass is 9.91. The highest BCUT2D eigenvalue weighted by atomic mass is 35.5. The van der Waals surface area contributed by atoms with Gasteiger partial charge in [0.1, 0.15) is 6.04 Å². The second-order valence-corrected chi connectivity index (χ2v) is 8.69. The minimum absolute atomic E-state index is 0. The van der Waals surface area contributed by atoms with Gasteiger partial charge >= 0.3 is 0 Å². The zero-order valence-corrected chi connectivity index (χ0v) is 17.6. The van der Waals surface area contributed by atoms with E-state index in [1.807, 2.05) is 20.8 Å². The van der Waals surface area contributed by atoms with E-state index in [1.54, 1.807) is 9.80 Å². The largest absolute Gasteiger partial charge is 0.355 e. The van der Waals surface area contributed by atoms with Crippen molar-refractivity contribution in [1.29, 1.82) is 0 Å². The van der Waals surface area contributed by atoms with E-state index >= 15 is 0 Å². The van der Waals surface area contributed by atoms with Gasteiger partial charge in [0.05, 0.1) is 5.92 Å². The molecule has 0 radical (unpaired) electrons. The second kappa shape index (κ2) is 10.3. The molecule has 0 bridgehead atoms. The van der Waals surface area contributed by atoms with Gasteiger partial charge in [-0.25, -0.2) is 0 Å². The van der Waals surface area contributed by atoms with E-state index in [4.69, 9.17) is 5.73 Å². The van der Waals surface area contributed by atoms with E-state index in [0.717, 1.165) is 25.7 Å². The van der Waals surface area contributed by atoms with Crippen LogP contribution in [0.15, 0.2) is 0 Å². The Balaban J connectivity index is 0.00000364. The summed E-state index contributed by atoms with van der Waals surface area (Å²) in [6.07, 6.45) is 3.63. The molecule has 2 aliphatic rings. The maximum atomic E-state index is 13.0. The Labute approximate surface area is 168 Å². The minimum Gasteiger partial charge on any atom is -0.355 e. The first-order valence-corrected chi connectivity index (χ1v) is 9.79. The number of likely N-dealkylation sites (tertiary alicyclic amines) is 2. The fourth-order valence-electron chi connectivity index (χ4n) is 3.82. The monoisotopic (exact) mass is 402 g/mol. The van der Waals surface area contributed by atoms with Crippen LogP contribution in [0.2, 0.25) is 0 Å². The van der Waals surface area contributed by atoms with Gasteiger partial charge in [-0.2, -0.15) is 0 Å². The highest BCUT2D eigenvalue weighted by Crippen LogP contribution is 2.27. The van der Waals surface area contributed by atoms with Gasteiger partial charge in [0, 0.05) is 39.1 Å². The lowest BCUT2D eigenvalue weighted by molar-refractivity contribution is -0.146. The zero-order valence-electron chi connectivity index (χ0n) is 16.8. The van der Waals surface area contributed by atoms with E-state index < -0.39 is 0 Å². The molecule has 2 rings (SSSR count). The summed E-state index contributed by atoms with van der Waals surface area (Å²) in [6, 6.07) is -0.365. The molecule has 0 aromatic carbocycles. The first kappa shape index (κ1) is 23.7. The molecule has 0 aliphatic carbocycles. The average molecular weight is 403 g/mol. The van der Waals surface area contributed by atoms with Crippen LogP contribution in [-0.4, -0.2) is 66.3 Å². The Bertz CT molecular complexity index is 536. The molecule has 8 heteroatoms. The van der Waals surface area contributed by atoms with E-state index in [0.29, 0.717) is 39.1 Å². The molecule has 7 nitrogen and oxygen atoms in total. The van der Waals surface area contributed by atoms with Crippen LogP contribution >= 0.6 is 12.4 Å². The van der Waals surface area contributed by atoms with Gasteiger partial charge in [-0.05, 0) is 31.1 Å². The summed E-state index contributed by atoms with van der Waals surface area (Å²) in [4.78, 5) is 41.4. The number of hydrogen-bond acceptors (Lipinski definition) is 4. The molecule has 2 atom stereocenters. The van der Waals surface area contributed by atoms with Gasteiger partial charge in [-0.1, -0.05) is 20.8 Å². The topological polar surface area (TPSA) is 95.7 Å². The first-order chi connectivity index (χ1) is 12.2. The van der Waals surface area contributed by atoms with Gasteiger partial charge in [0.2, 0.25) is 17.7 Å². The maximum Gasteiger partial charge on any atom is 0.245 e. The SMILES string of the molecule is CC(C)(C)CC(=O)N1CCCC1C(=O)N1CCCC(C(=O)NCCN)C1.Cl. The molecule has 2 saturated heterocycles. The third kappa shape index (κ3) is 6.64. The van der Waals surface area contributed by atoms with Gasteiger partial charge < -0.3 is 20.9 Å². The zero-order chi connectivity index (χ0) is 19.3. The molecule has 2 heterocycles. The Hall–Kier alpha value is -1.34. The molecule has 0 aromatic heterocycles. The fourth-order valence-corrected chi connectivity index (χ4v) is 3.82. The summed E-state index contributed by atoms with van der Waals surface area (Å²) in [5.74, 6) is -0.150. The molecule has 2 unspecified atom stereocenters. The highest BCUT2D eigenvalue weighted by molar-refractivity contribution is 5.89. The van der Waals surface area contributed by atoms with Gasteiger partial charge in [-0.15, -0.1) is 12.4 Å². The van der Waals surface area contributed by atoms with Crippen molar-refractivity contribution in [2.45, 2.75) is 58.9 Å². The molecule has 0 saturated carbocycles. The van der Waals surface area contributed by atoms with Crippen molar-refractivity contribution >= 4 is 30.1 Å². The van der Waals surface area contributed by atoms with Crippen molar-refractivity contribution in [3.8, 4) is 0 Å². The van der Waals surface area contributed by atoms with Crippen LogP contribution in [0.1, 0.15) is 52.9 Å². The molecule has 27 heavy (non-hydrogen) atoms. The van der Waals surface area contributed by atoms with E-state index in [9.17, 15) is 14.4 Å². The van der Waals surface area contributed by atoms with Crippen molar-refractivity contribution in [2.24, 2.45) is 17.1 Å². The summed E-state index contributed by atoms with van der Waals surface area (Å²) >= 11 is 0. The molecule has 0 spiro atoms. The molecule has 156 valence electrons. The number of carbonyl (C=O) groups excluding carboxylic acids is 3. The maximum absolute atomic E-state index is 13.0. The number of rotatable bonds is 5. The summed E-state index contributed by atoms with van der Waals surface area (Å²) in [5, 5.41) is 2.82. The summed E-state index contributed by atoms with van der Waals surface area (Å²) in [6.45, 7) is 8.73. The summed E-state index contributed by atoms with van der Waals surface area (Å²) in [5.41, 5.74) is 5.34. The van der Waals surface area contributed by atoms with E-state index in [1.165, 1.54) is 0 Å². The Kier molecular flexibility index (Phi) is 9.02. The van der Waals surface area contributed by atoms with Crippen LogP contribution < -0.4 is 11.1 Å². The standard InChI is InChI=1S/C19H34N4O3.ClH/c1-19(2,3)12-16(24)23-11-5-7-15(23)18(26)22-10-4-6-14(13-22)17(25)21-9-8-20;/h14-15H,4-13,20H2,1-3H3,(H,21,25);1H. The van der Waals surface area contributed by atoms with Crippen LogP contribution in [0.5, 0.6) is 0 Å². The number of hydrogen-bond donors (Lipinski definition) is 2. The van der Waals surface area contributed by atoms with Gasteiger partial charge in [-0.3, -0.25) is 14.4 Å². The number of nitrogens with zero attached hydrogens (tertiary/aromatic N) is 2. The van der Waals surface area contributed by atoms with Gasteiger partial charge in [0.15, 0.2) is 0 Å². The normalized spacial score (nSPS) is 23.0. The van der Waals surface area contributed by atoms with Gasteiger partial charge in [0.25, 0.3) is 0 Å². The van der Waals surface area contributed by atoms with Crippen molar-refractivity contribution in [1.82, 2.24) is 15.1 Å². The number of nitrogens with one attached hydrogen (secondary N) is 1. The van der Waals surface area contributed by atoms with Crippen molar-refractivity contribution < 1.29 is 14.4 Å². The van der Waals surface area contributed by atoms with Crippen LogP contribution in [0.4, 0.5) is 0 Å². The third-order valence-electron chi connectivity index (χ3n) is 5.09. The quantitative estimate of drug-likeness (QED) is 0.720. The first-order valence-electron chi connectivity index (χ1n) is 9.79. The van der Waals surface area contributed by atoms with Crippen LogP contribution in [0.25, 0.3) is 0 Å². The number of nitrogens with two attached hydrogens (primary N) is 1. The molecule has 2 aliphatic heterocycles. The minimum atomic E-state index is -0.365. The number of amides is 3. The smallest absolute Gasteiger partial charge is 0.245 e. The Morgan fingerprint density at radius 1 is 1.11 bits per heavy atom. The molecular formula is C19H35ClN4O3. The summed E-state index contributed by atoms with van der Waals surface area (Å²) < 4.78 is 0. The number of piperidine rings is 1. The van der Waals surface area contributed by atoms with Crippen LogP contribution in [0, 0.1) is 11.3 Å². The lowest BCUT2D eigenvalue weighted by Gasteiger charge is -2.36. The Morgan fingerprint density at radius 2 is 1.78 bits per heavy atom. The third-order valence-corrected chi connectivity index (χ3v) is 5.09. The molecule has 3 N–H and O–H groups in total. The number of carbonyl (C=O) groups is 3. The van der Waals surface area contributed by atoms with E-state index in [-0.39, 0.29) is 47.5 Å². The Morgan fingerprint density at radius 3 is 2.41 bits per heavy atom. The predicted octanol–water partition coefficient (Wildman–Crippen LogP) is 1.15. The number of halogens is 1. The van der Waals surface area contributed by atoms with Crippen molar-refractivity contribution in [3.63, 3.8) is 0 Å². The summed E-state index contributed by atoms with van der Waals surface area (Å²) in [7, 11) is 0. The van der Waals surface area contributed by atoms with Crippen LogP contribution in [-0.2, 0) is 14.4 Å².